The third-order valence-corrected chi connectivity index (χ3v) is 6.81. The second-order valence-corrected chi connectivity index (χ2v) is 9.45. The van der Waals surface area contributed by atoms with Gasteiger partial charge in [-0.3, -0.25) is 14.4 Å². The molecule has 3 aromatic carbocycles. The van der Waals surface area contributed by atoms with Gasteiger partial charge in [-0.25, -0.2) is 4.39 Å². The molecule has 1 saturated heterocycles. The Balaban J connectivity index is 1.39. The molecule has 1 aliphatic heterocycles. The van der Waals surface area contributed by atoms with Crippen LogP contribution in [0.2, 0.25) is 0 Å². The van der Waals surface area contributed by atoms with E-state index in [4.69, 9.17) is 5.73 Å². The number of amides is 3. The van der Waals surface area contributed by atoms with E-state index in [2.05, 4.69) is 10.6 Å². The summed E-state index contributed by atoms with van der Waals surface area (Å²) in [5.74, 6) is -1.29. The standard InChI is InChI=1S/C29H33FN4O3/c30-25-10-8-23(9-11-25)29(37)34-16-12-22(13-17-34)27(35)33-26(28(36)32-15-3-14-31)19-20-6-7-21-4-1-2-5-24(21)18-20/h1-2,4-11,18,22,26H,3,12-17,19,31H2,(H,32,36)(H,33,35). The first-order valence-corrected chi connectivity index (χ1v) is 12.8. The number of likely N-dealkylation sites (tertiary alicyclic amines) is 1. The van der Waals surface area contributed by atoms with Gasteiger partial charge in [-0.1, -0.05) is 42.5 Å². The van der Waals surface area contributed by atoms with E-state index in [0.29, 0.717) is 57.4 Å². The maximum absolute atomic E-state index is 13.2. The molecule has 0 bridgehead atoms. The number of piperidine rings is 1. The van der Waals surface area contributed by atoms with Crippen LogP contribution in [-0.4, -0.2) is 54.8 Å². The average Bonchev–Trinajstić information content (AvgIpc) is 2.92. The molecule has 1 unspecified atom stereocenters. The topological polar surface area (TPSA) is 105 Å². The highest BCUT2D eigenvalue weighted by molar-refractivity contribution is 5.94. The number of fused-ring (bicyclic) bond motifs is 1. The first kappa shape index (κ1) is 26.3. The molecule has 7 nitrogen and oxygen atoms in total. The molecule has 0 aliphatic carbocycles. The van der Waals surface area contributed by atoms with Crippen LogP contribution >= 0.6 is 0 Å². The van der Waals surface area contributed by atoms with Crippen molar-refractivity contribution >= 4 is 28.5 Å². The Bertz CT molecular complexity index is 1240. The normalized spacial score (nSPS) is 14.8. The highest BCUT2D eigenvalue weighted by Crippen LogP contribution is 2.21. The monoisotopic (exact) mass is 504 g/mol. The van der Waals surface area contributed by atoms with Gasteiger partial charge in [-0.2, -0.15) is 0 Å². The van der Waals surface area contributed by atoms with Crippen LogP contribution in [0.15, 0.2) is 66.7 Å². The van der Waals surface area contributed by atoms with Crippen molar-refractivity contribution in [1.82, 2.24) is 15.5 Å². The molecule has 4 N–H and O–H groups in total. The molecule has 3 amide bonds. The van der Waals surface area contributed by atoms with Crippen molar-refractivity contribution in [3.05, 3.63) is 83.7 Å². The molecule has 0 aromatic heterocycles. The Morgan fingerprint density at radius 2 is 1.68 bits per heavy atom. The lowest BCUT2D eigenvalue weighted by Gasteiger charge is -2.32. The molecular formula is C29H33FN4O3. The van der Waals surface area contributed by atoms with Crippen molar-refractivity contribution in [3.8, 4) is 0 Å². The molecule has 194 valence electrons. The quantitative estimate of drug-likeness (QED) is 0.390. The summed E-state index contributed by atoms with van der Waals surface area (Å²) in [4.78, 5) is 40.6. The van der Waals surface area contributed by atoms with Gasteiger partial charge in [0.15, 0.2) is 0 Å². The first-order valence-electron chi connectivity index (χ1n) is 12.8. The van der Waals surface area contributed by atoms with E-state index >= 15 is 0 Å². The van der Waals surface area contributed by atoms with Gasteiger partial charge in [0.25, 0.3) is 5.91 Å². The Morgan fingerprint density at radius 1 is 0.973 bits per heavy atom. The predicted molar refractivity (Wildman–Crippen MR) is 141 cm³/mol. The fourth-order valence-corrected chi connectivity index (χ4v) is 4.66. The van der Waals surface area contributed by atoms with E-state index in [9.17, 15) is 18.8 Å². The van der Waals surface area contributed by atoms with Crippen molar-refractivity contribution in [2.75, 3.05) is 26.2 Å². The lowest BCUT2D eigenvalue weighted by Crippen LogP contribution is -2.51. The van der Waals surface area contributed by atoms with Crippen molar-refractivity contribution in [3.63, 3.8) is 0 Å². The van der Waals surface area contributed by atoms with Gasteiger partial charge in [0.1, 0.15) is 11.9 Å². The minimum Gasteiger partial charge on any atom is -0.354 e. The molecule has 3 aromatic rings. The number of benzene rings is 3. The minimum absolute atomic E-state index is 0.174. The third kappa shape index (κ3) is 6.92. The Morgan fingerprint density at radius 3 is 2.38 bits per heavy atom. The molecule has 1 heterocycles. The Labute approximate surface area is 216 Å². The van der Waals surface area contributed by atoms with Crippen LogP contribution in [0, 0.1) is 11.7 Å². The van der Waals surface area contributed by atoms with Crippen molar-refractivity contribution in [1.29, 1.82) is 0 Å². The molecule has 1 atom stereocenters. The zero-order valence-electron chi connectivity index (χ0n) is 20.8. The van der Waals surface area contributed by atoms with Crippen LogP contribution in [0.3, 0.4) is 0 Å². The van der Waals surface area contributed by atoms with Gasteiger partial charge in [0, 0.05) is 37.5 Å². The molecule has 0 saturated carbocycles. The van der Waals surface area contributed by atoms with Crippen molar-refractivity contribution in [2.45, 2.75) is 31.7 Å². The molecule has 1 fully saturated rings. The first-order chi connectivity index (χ1) is 17.9. The number of rotatable bonds is 9. The summed E-state index contributed by atoms with van der Waals surface area (Å²) in [6.45, 7) is 1.76. The van der Waals surface area contributed by atoms with Crippen molar-refractivity contribution in [2.24, 2.45) is 11.7 Å². The van der Waals surface area contributed by atoms with Gasteiger partial charge < -0.3 is 21.3 Å². The smallest absolute Gasteiger partial charge is 0.253 e. The summed E-state index contributed by atoms with van der Waals surface area (Å²) < 4.78 is 13.2. The van der Waals surface area contributed by atoms with Gasteiger partial charge in [-0.05, 0) is 66.4 Å². The highest BCUT2D eigenvalue weighted by Gasteiger charge is 2.30. The van der Waals surface area contributed by atoms with Gasteiger partial charge in [0.05, 0.1) is 0 Å². The Hall–Kier alpha value is -3.78. The number of carbonyl (C=O) groups excluding carboxylic acids is 3. The summed E-state index contributed by atoms with van der Waals surface area (Å²) in [6.07, 6.45) is 2.02. The summed E-state index contributed by atoms with van der Waals surface area (Å²) >= 11 is 0. The zero-order valence-corrected chi connectivity index (χ0v) is 20.8. The molecule has 0 radical (unpaired) electrons. The van der Waals surface area contributed by atoms with Crippen LogP contribution in [0.1, 0.15) is 35.2 Å². The number of halogens is 1. The van der Waals surface area contributed by atoms with Crippen molar-refractivity contribution < 1.29 is 18.8 Å². The van der Waals surface area contributed by atoms with Crippen LogP contribution in [-0.2, 0) is 16.0 Å². The lowest BCUT2D eigenvalue weighted by molar-refractivity contribution is -0.132. The van der Waals surface area contributed by atoms with Gasteiger partial charge in [-0.15, -0.1) is 0 Å². The minimum atomic E-state index is -0.717. The van der Waals surface area contributed by atoms with Gasteiger partial charge >= 0.3 is 0 Å². The largest absolute Gasteiger partial charge is 0.354 e. The molecular weight excluding hydrogens is 471 g/mol. The highest BCUT2D eigenvalue weighted by atomic mass is 19.1. The number of hydrogen-bond acceptors (Lipinski definition) is 4. The second kappa shape index (κ2) is 12.5. The summed E-state index contributed by atoms with van der Waals surface area (Å²) in [6, 6.07) is 18.8. The van der Waals surface area contributed by atoms with E-state index in [1.165, 1.54) is 24.3 Å². The SMILES string of the molecule is NCCCNC(=O)C(Cc1ccc2ccccc2c1)NC(=O)C1CCN(C(=O)c2ccc(F)cc2)CC1. The molecule has 0 spiro atoms. The number of carbonyl (C=O) groups is 3. The fourth-order valence-electron chi connectivity index (χ4n) is 4.66. The molecule has 4 rings (SSSR count). The fraction of sp³-hybridized carbons (Fsp3) is 0.345. The third-order valence-electron chi connectivity index (χ3n) is 6.81. The Kier molecular flexibility index (Phi) is 8.85. The molecule has 1 aliphatic rings. The number of nitrogens with zero attached hydrogens (tertiary/aromatic N) is 1. The predicted octanol–water partition coefficient (Wildman–Crippen LogP) is 3.02. The maximum Gasteiger partial charge on any atom is 0.253 e. The lowest BCUT2D eigenvalue weighted by atomic mass is 9.94. The summed E-state index contributed by atoms with van der Waals surface area (Å²) in [5.41, 5.74) is 6.94. The van der Waals surface area contributed by atoms with E-state index in [1.54, 1.807) is 4.90 Å². The summed E-state index contributed by atoms with van der Waals surface area (Å²) in [7, 11) is 0. The van der Waals surface area contributed by atoms with Crippen LogP contribution in [0.25, 0.3) is 10.8 Å². The van der Waals surface area contributed by atoms with Crippen LogP contribution in [0.4, 0.5) is 4.39 Å². The number of nitrogens with one attached hydrogen (secondary N) is 2. The number of nitrogens with two attached hydrogens (primary N) is 1. The van der Waals surface area contributed by atoms with Crippen LogP contribution < -0.4 is 16.4 Å². The average molecular weight is 505 g/mol. The zero-order chi connectivity index (χ0) is 26.2. The van der Waals surface area contributed by atoms with E-state index in [0.717, 1.165) is 16.3 Å². The van der Waals surface area contributed by atoms with E-state index in [1.807, 2.05) is 42.5 Å². The number of hydrogen-bond donors (Lipinski definition) is 3. The van der Waals surface area contributed by atoms with Gasteiger partial charge in [0.2, 0.25) is 11.8 Å². The van der Waals surface area contributed by atoms with Crippen LogP contribution in [0.5, 0.6) is 0 Å². The van der Waals surface area contributed by atoms with E-state index < -0.39 is 11.9 Å². The second-order valence-electron chi connectivity index (χ2n) is 9.45. The molecule has 8 heteroatoms. The summed E-state index contributed by atoms with van der Waals surface area (Å²) in [5, 5.41) is 8.03. The maximum atomic E-state index is 13.2. The van der Waals surface area contributed by atoms with E-state index in [-0.39, 0.29) is 23.6 Å². The molecule has 37 heavy (non-hydrogen) atoms.